The predicted octanol–water partition coefficient (Wildman–Crippen LogP) is 2.60. The summed E-state index contributed by atoms with van der Waals surface area (Å²) in [5.74, 6) is 0.0434. The molecule has 1 amide bonds. The monoisotopic (exact) mass is 393 g/mol. The van der Waals surface area contributed by atoms with E-state index in [2.05, 4.69) is 16.0 Å². The van der Waals surface area contributed by atoms with Gasteiger partial charge in [0, 0.05) is 50.9 Å². The highest BCUT2D eigenvalue weighted by atomic mass is 16.5. The molecule has 0 atom stereocenters. The number of nitrogens with one attached hydrogen (secondary N) is 1. The number of rotatable bonds is 4. The molecule has 2 N–H and O–H groups in total. The summed E-state index contributed by atoms with van der Waals surface area (Å²) in [6, 6.07) is 9.32. The van der Waals surface area contributed by atoms with Crippen molar-refractivity contribution in [3.63, 3.8) is 0 Å². The number of hydroxylamine groups is 1. The van der Waals surface area contributed by atoms with Crippen LogP contribution in [0.3, 0.4) is 0 Å². The van der Waals surface area contributed by atoms with Crippen molar-refractivity contribution in [2.45, 2.75) is 31.4 Å². The highest BCUT2D eigenvalue weighted by Gasteiger charge is 2.42. The molecule has 1 saturated heterocycles. The Labute approximate surface area is 169 Å². The van der Waals surface area contributed by atoms with Crippen LogP contribution in [0.4, 0.5) is 0 Å². The molecule has 2 aromatic rings. The topological polar surface area (TPSA) is 91.8 Å². The number of fused-ring (bicyclic) bond motifs is 1. The largest absolute Gasteiger partial charge is 0.486 e. The van der Waals surface area contributed by atoms with Crippen LogP contribution in [-0.2, 0) is 11.3 Å². The van der Waals surface area contributed by atoms with Crippen molar-refractivity contribution in [3.8, 4) is 5.75 Å². The fraction of sp³-hybridized carbons (Fsp3) is 0.318. The molecule has 3 heterocycles. The number of pyridine rings is 1. The van der Waals surface area contributed by atoms with Gasteiger partial charge in [-0.2, -0.15) is 0 Å². The van der Waals surface area contributed by atoms with Crippen LogP contribution in [0, 0.1) is 0 Å². The summed E-state index contributed by atoms with van der Waals surface area (Å²) in [7, 11) is 0. The van der Waals surface area contributed by atoms with E-state index in [0.29, 0.717) is 23.3 Å². The van der Waals surface area contributed by atoms with E-state index in [1.165, 1.54) is 17.1 Å². The number of benzene rings is 1. The summed E-state index contributed by atoms with van der Waals surface area (Å²) in [4.78, 5) is 30.5. The number of carbonyl (C=O) groups is 2. The maximum Gasteiger partial charge on any atom is 0.267 e. The maximum absolute atomic E-state index is 12.8. The molecule has 0 saturated carbocycles. The first-order chi connectivity index (χ1) is 14.1. The van der Waals surface area contributed by atoms with Crippen molar-refractivity contribution in [2.75, 3.05) is 13.1 Å². The molecule has 1 aromatic heterocycles. The van der Waals surface area contributed by atoms with Crippen molar-refractivity contribution >= 4 is 17.8 Å². The Morgan fingerprint density at radius 1 is 1.31 bits per heavy atom. The van der Waals surface area contributed by atoms with Gasteiger partial charge in [0.15, 0.2) is 5.78 Å². The zero-order chi connectivity index (χ0) is 20.3. The third-order valence-electron chi connectivity index (χ3n) is 5.55. The Hall–Kier alpha value is -3.03. The number of nitrogens with zero attached hydrogens (tertiary/aromatic N) is 2. The van der Waals surface area contributed by atoms with E-state index >= 15 is 0 Å². The second-order valence-electron chi connectivity index (χ2n) is 7.59. The van der Waals surface area contributed by atoms with Crippen molar-refractivity contribution in [2.24, 2.45) is 0 Å². The summed E-state index contributed by atoms with van der Waals surface area (Å²) < 4.78 is 6.33. The van der Waals surface area contributed by atoms with E-state index in [1.54, 1.807) is 30.5 Å². The fourth-order valence-corrected chi connectivity index (χ4v) is 3.97. The zero-order valence-corrected chi connectivity index (χ0v) is 16.0. The molecule has 2 aliphatic rings. The van der Waals surface area contributed by atoms with Crippen molar-refractivity contribution in [1.82, 2.24) is 15.4 Å². The van der Waals surface area contributed by atoms with Gasteiger partial charge >= 0.3 is 0 Å². The van der Waals surface area contributed by atoms with Gasteiger partial charge in [0.25, 0.3) is 5.91 Å². The van der Waals surface area contributed by atoms with Crippen LogP contribution in [0.2, 0.25) is 0 Å². The minimum absolute atomic E-state index is 0.0637. The lowest BCUT2D eigenvalue weighted by Crippen LogP contribution is -2.50. The number of amides is 1. The summed E-state index contributed by atoms with van der Waals surface area (Å²) in [6.07, 6.45) is 8.38. The van der Waals surface area contributed by atoms with E-state index < -0.39 is 11.5 Å². The third kappa shape index (κ3) is 4.36. The lowest BCUT2D eigenvalue weighted by molar-refractivity contribution is -0.124. The number of hydrogen-bond acceptors (Lipinski definition) is 6. The SMILES string of the molecule is O=C(C=Cc1ccc2c(c1)C(=O)CC1(CCN(Cc3cccnc3)CC1)O2)NO. The zero-order valence-electron chi connectivity index (χ0n) is 16.0. The summed E-state index contributed by atoms with van der Waals surface area (Å²) in [5.41, 5.74) is 3.53. The molecule has 0 radical (unpaired) electrons. The number of aromatic nitrogens is 1. The van der Waals surface area contributed by atoms with Crippen molar-refractivity contribution in [1.29, 1.82) is 0 Å². The normalized spacial score (nSPS) is 18.4. The number of ether oxygens (including phenoxy) is 1. The second-order valence-corrected chi connectivity index (χ2v) is 7.59. The van der Waals surface area contributed by atoms with Crippen LogP contribution in [0.15, 0.2) is 48.8 Å². The highest BCUT2D eigenvalue weighted by molar-refractivity contribution is 6.01. The number of piperidine rings is 1. The van der Waals surface area contributed by atoms with E-state index in [0.717, 1.165) is 32.5 Å². The van der Waals surface area contributed by atoms with Gasteiger partial charge in [0.05, 0.1) is 12.0 Å². The van der Waals surface area contributed by atoms with Crippen molar-refractivity contribution < 1.29 is 19.5 Å². The Morgan fingerprint density at radius 3 is 2.86 bits per heavy atom. The number of ketones is 1. The van der Waals surface area contributed by atoms with Gasteiger partial charge in [0.2, 0.25) is 0 Å². The molecule has 7 heteroatoms. The van der Waals surface area contributed by atoms with Crippen LogP contribution in [0.1, 0.15) is 40.7 Å². The van der Waals surface area contributed by atoms with Crippen LogP contribution in [0.5, 0.6) is 5.75 Å². The number of carbonyl (C=O) groups excluding carboxylic acids is 2. The van der Waals surface area contributed by atoms with Gasteiger partial charge in [0.1, 0.15) is 11.4 Å². The number of Topliss-reactive ketones (excluding diaryl/α,β-unsaturated/α-hetero) is 1. The molecule has 29 heavy (non-hydrogen) atoms. The average molecular weight is 393 g/mol. The summed E-state index contributed by atoms with van der Waals surface area (Å²) >= 11 is 0. The molecule has 0 bridgehead atoms. The predicted molar refractivity (Wildman–Crippen MR) is 106 cm³/mol. The quantitative estimate of drug-likeness (QED) is 0.471. The maximum atomic E-state index is 12.8. The fourth-order valence-electron chi connectivity index (χ4n) is 3.97. The molecule has 7 nitrogen and oxygen atoms in total. The van der Waals surface area contributed by atoms with E-state index in [9.17, 15) is 9.59 Å². The summed E-state index contributed by atoms with van der Waals surface area (Å²) in [5, 5.41) is 8.56. The van der Waals surface area contributed by atoms with Gasteiger partial charge in [-0.3, -0.25) is 24.7 Å². The lowest BCUT2D eigenvalue weighted by atomic mass is 9.82. The summed E-state index contributed by atoms with van der Waals surface area (Å²) in [6.45, 7) is 2.59. The molecule has 150 valence electrons. The molecule has 1 spiro atoms. The molecule has 0 unspecified atom stereocenters. The standard InChI is InChI=1S/C22H23N3O4/c26-19-13-22(7-10-25(11-8-22)15-17-2-1-9-23-14-17)29-20-5-3-16(12-18(19)20)4-6-21(27)24-28/h1-6,9,12,14,28H,7-8,10-11,13,15H2,(H,24,27). The van der Waals surface area contributed by atoms with Gasteiger partial charge in [-0.25, -0.2) is 5.48 Å². The Morgan fingerprint density at radius 2 is 2.14 bits per heavy atom. The molecular weight excluding hydrogens is 370 g/mol. The van der Waals surface area contributed by atoms with Gasteiger partial charge in [-0.05, 0) is 35.4 Å². The minimum atomic E-state index is -0.623. The van der Waals surface area contributed by atoms with Crippen LogP contribution >= 0.6 is 0 Å². The third-order valence-corrected chi connectivity index (χ3v) is 5.55. The smallest absolute Gasteiger partial charge is 0.267 e. The van der Waals surface area contributed by atoms with Gasteiger partial charge < -0.3 is 4.74 Å². The Bertz CT molecular complexity index is 934. The van der Waals surface area contributed by atoms with Crippen LogP contribution < -0.4 is 10.2 Å². The minimum Gasteiger partial charge on any atom is -0.486 e. The second kappa shape index (κ2) is 8.14. The molecule has 1 aromatic carbocycles. The average Bonchev–Trinajstić information content (AvgIpc) is 2.75. The van der Waals surface area contributed by atoms with Crippen LogP contribution in [0.25, 0.3) is 6.08 Å². The molecule has 0 aliphatic carbocycles. The number of likely N-dealkylation sites (tertiary alicyclic amines) is 1. The van der Waals surface area contributed by atoms with E-state index in [4.69, 9.17) is 9.94 Å². The van der Waals surface area contributed by atoms with Crippen LogP contribution in [-0.4, -0.2) is 45.5 Å². The Kier molecular flexibility index (Phi) is 5.42. The molecular formula is C22H23N3O4. The van der Waals surface area contributed by atoms with E-state index in [-0.39, 0.29) is 5.78 Å². The number of hydrogen-bond donors (Lipinski definition) is 2. The van der Waals surface area contributed by atoms with Gasteiger partial charge in [-0.1, -0.05) is 12.1 Å². The molecule has 2 aliphatic heterocycles. The first kappa shape index (κ1) is 19.3. The lowest BCUT2D eigenvalue weighted by Gasteiger charge is -2.44. The Balaban J connectivity index is 1.43. The van der Waals surface area contributed by atoms with Gasteiger partial charge in [-0.15, -0.1) is 0 Å². The molecule has 4 rings (SSSR count). The van der Waals surface area contributed by atoms with E-state index in [1.807, 2.05) is 12.3 Å². The first-order valence-electron chi connectivity index (χ1n) is 9.67. The van der Waals surface area contributed by atoms with Crippen molar-refractivity contribution in [3.05, 3.63) is 65.5 Å². The first-order valence-corrected chi connectivity index (χ1v) is 9.67. The molecule has 1 fully saturated rings. The highest BCUT2D eigenvalue weighted by Crippen LogP contribution is 2.40.